The Labute approximate surface area is 121 Å². The van der Waals surface area contributed by atoms with E-state index in [0.717, 1.165) is 30.6 Å². The Morgan fingerprint density at radius 2 is 2.05 bits per heavy atom. The van der Waals surface area contributed by atoms with E-state index >= 15 is 0 Å². The van der Waals surface area contributed by atoms with Crippen molar-refractivity contribution < 1.29 is 4.79 Å². The maximum atomic E-state index is 12.0. The lowest BCUT2D eigenvalue weighted by atomic mass is 9.52. The van der Waals surface area contributed by atoms with Crippen LogP contribution >= 0.6 is 0 Å². The SMILES string of the molecule is CC1(C)CC(=O)C=C2CCC3C4=CC=CC4CCC3C21. The molecule has 4 atom stereocenters. The summed E-state index contributed by atoms with van der Waals surface area (Å²) >= 11 is 0. The molecule has 4 aliphatic rings. The predicted octanol–water partition coefficient (Wildman–Crippen LogP) is 4.46. The van der Waals surface area contributed by atoms with E-state index in [0.29, 0.717) is 11.7 Å². The summed E-state index contributed by atoms with van der Waals surface area (Å²) in [6.45, 7) is 4.64. The topological polar surface area (TPSA) is 17.1 Å². The highest BCUT2D eigenvalue weighted by molar-refractivity contribution is 5.92. The van der Waals surface area contributed by atoms with Gasteiger partial charge in [0, 0.05) is 6.42 Å². The van der Waals surface area contributed by atoms with Crippen LogP contribution < -0.4 is 0 Å². The molecule has 0 aromatic rings. The van der Waals surface area contributed by atoms with Gasteiger partial charge in [-0.3, -0.25) is 4.79 Å². The van der Waals surface area contributed by atoms with Crippen LogP contribution in [0, 0.1) is 29.1 Å². The molecule has 0 amide bonds. The van der Waals surface area contributed by atoms with E-state index in [4.69, 9.17) is 0 Å². The highest BCUT2D eigenvalue weighted by atomic mass is 16.1. The molecule has 0 heterocycles. The van der Waals surface area contributed by atoms with E-state index in [1.807, 2.05) is 6.08 Å². The van der Waals surface area contributed by atoms with Gasteiger partial charge in [-0.25, -0.2) is 0 Å². The van der Waals surface area contributed by atoms with Gasteiger partial charge in [-0.15, -0.1) is 0 Å². The highest BCUT2D eigenvalue weighted by Crippen LogP contribution is 2.58. The zero-order valence-corrected chi connectivity index (χ0v) is 12.6. The third kappa shape index (κ3) is 1.71. The van der Waals surface area contributed by atoms with Crippen molar-refractivity contribution in [3.63, 3.8) is 0 Å². The van der Waals surface area contributed by atoms with Gasteiger partial charge in [0.1, 0.15) is 0 Å². The molecule has 0 aromatic carbocycles. The van der Waals surface area contributed by atoms with Gasteiger partial charge in [0.15, 0.2) is 5.78 Å². The summed E-state index contributed by atoms with van der Waals surface area (Å²) in [4.78, 5) is 12.0. The number of allylic oxidation sites excluding steroid dienone is 6. The number of carbonyl (C=O) groups is 1. The van der Waals surface area contributed by atoms with Crippen LogP contribution in [0.1, 0.15) is 46.0 Å². The molecule has 2 saturated carbocycles. The molecule has 4 aliphatic carbocycles. The average Bonchev–Trinajstić information content (AvgIpc) is 2.84. The summed E-state index contributed by atoms with van der Waals surface area (Å²) in [5, 5.41) is 0. The first-order chi connectivity index (χ1) is 9.56. The van der Waals surface area contributed by atoms with Gasteiger partial charge in [-0.1, -0.05) is 43.2 Å². The fraction of sp³-hybridized carbons (Fsp3) is 0.632. The molecule has 0 bridgehead atoms. The molecule has 0 spiro atoms. The number of carbonyl (C=O) groups excluding carboxylic acids is 1. The second-order valence-electron chi connectivity index (χ2n) is 7.87. The number of rotatable bonds is 0. The van der Waals surface area contributed by atoms with Crippen molar-refractivity contribution in [2.24, 2.45) is 29.1 Å². The fourth-order valence-electron chi connectivity index (χ4n) is 5.61. The minimum atomic E-state index is 0.157. The van der Waals surface area contributed by atoms with Gasteiger partial charge >= 0.3 is 0 Å². The molecule has 0 N–H and O–H groups in total. The van der Waals surface area contributed by atoms with Crippen molar-refractivity contribution in [1.29, 1.82) is 0 Å². The number of fused-ring (bicyclic) bond motifs is 5. The Morgan fingerprint density at radius 1 is 1.20 bits per heavy atom. The lowest BCUT2D eigenvalue weighted by Gasteiger charge is -2.52. The van der Waals surface area contributed by atoms with Gasteiger partial charge in [0.05, 0.1) is 0 Å². The van der Waals surface area contributed by atoms with Crippen molar-refractivity contribution in [1.82, 2.24) is 0 Å². The van der Waals surface area contributed by atoms with Crippen LogP contribution in [0.2, 0.25) is 0 Å². The van der Waals surface area contributed by atoms with E-state index in [1.165, 1.54) is 24.8 Å². The molecular formula is C19H24O. The molecule has 20 heavy (non-hydrogen) atoms. The van der Waals surface area contributed by atoms with Gasteiger partial charge < -0.3 is 0 Å². The predicted molar refractivity (Wildman–Crippen MR) is 81.1 cm³/mol. The smallest absolute Gasteiger partial charge is 0.156 e. The van der Waals surface area contributed by atoms with Crippen molar-refractivity contribution in [2.75, 3.05) is 0 Å². The van der Waals surface area contributed by atoms with Gasteiger partial charge in [0.2, 0.25) is 0 Å². The zero-order valence-electron chi connectivity index (χ0n) is 12.6. The fourth-order valence-corrected chi connectivity index (χ4v) is 5.61. The minimum absolute atomic E-state index is 0.157. The Hall–Kier alpha value is -1.11. The lowest BCUT2D eigenvalue weighted by Crippen LogP contribution is -2.45. The van der Waals surface area contributed by atoms with E-state index in [1.54, 1.807) is 5.57 Å². The van der Waals surface area contributed by atoms with Crippen LogP contribution in [0.4, 0.5) is 0 Å². The van der Waals surface area contributed by atoms with Crippen molar-refractivity contribution >= 4 is 5.78 Å². The molecular weight excluding hydrogens is 244 g/mol. The standard InChI is InChI=1S/C19H24O/c1-19(2)11-14(20)10-13-7-8-16-15-5-3-4-12(15)6-9-17(16)18(13)19/h3-5,10,12,16-18H,6-9,11H2,1-2H3. The number of ketones is 1. The molecule has 0 aliphatic heterocycles. The first-order valence-corrected chi connectivity index (χ1v) is 8.18. The molecule has 1 heteroatoms. The van der Waals surface area contributed by atoms with Crippen LogP contribution in [-0.2, 0) is 4.79 Å². The normalized spacial score (nSPS) is 41.4. The molecule has 2 fully saturated rings. The summed E-state index contributed by atoms with van der Waals surface area (Å²) in [7, 11) is 0. The first-order valence-electron chi connectivity index (χ1n) is 8.18. The van der Waals surface area contributed by atoms with Crippen molar-refractivity contribution in [3.05, 3.63) is 35.5 Å². The van der Waals surface area contributed by atoms with E-state index in [2.05, 4.69) is 32.1 Å². The number of hydrogen-bond donors (Lipinski definition) is 0. The van der Waals surface area contributed by atoms with Gasteiger partial charge in [-0.2, -0.15) is 0 Å². The molecule has 0 aromatic heterocycles. The molecule has 0 radical (unpaired) electrons. The second-order valence-corrected chi connectivity index (χ2v) is 7.87. The van der Waals surface area contributed by atoms with Crippen LogP contribution in [0.15, 0.2) is 35.5 Å². The Kier molecular flexibility index (Phi) is 2.64. The Morgan fingerprint density at radius 3 is 2.90 bits per heavy atom. The minimum Gasteiger partial charge on any atom is -0.295 e. The summed E-state index contributed by atoms with van der Waals surface area (Å²) in [6, 6.07) is 0. The lowest BCUT2D eigenvalue weighted by molar-refractivity contribution is -0.118. The van der Waals surface area contributed by atoms with E-state index in [-0.39, 0.29) is 5.41 Å². The summed E-state index contributed by atoms with van der Waals surface area (Å²) in [5.41, 5.74) is 3.33. The largest absolute Gasteiger partial charge is 0.295 e. The molecule has 106 valence electrons. The third-order valence-electron chi connectivity index (χ3n) is 6.21. The third-order valence-corrected chi connectivity index (χ3v) is 6.21. The van der Waals surface area contributed by atoms with Crippen molar-refractivity contribution in [2.45, 2.75) is 46.0 Å². The Balaban J connectivity index is 1.72. The summed E-state index contributed by atoms with van der Waals surface area (Å²) < 4.78 is 0. The summed E-state index contributed by atoms with van der Waals surface area (Å²) in [5.74, 6) is 3.28. The Bertz CT molecular complexity index is 546. The molecule has 4 unspecified atom stereocenters. The first kappa shape index (κ1) is 12.6. The van der Waals surface area contributed by atoms with Crippen LogP contribution in [0.5, 0.6) is 0 Å². The maximum absolute atomic E-state index is 12.0. The van der Waals surface area contributed by atoms with Gasteiger partial charge in [0.25, 0.3) is 0 Å². The molecule has 0 saturated heterocycles. The van der Waals surface area contributed by atoms with Crippen LogP contribution in [-0.4, -0.2) is 5.78 Å². The molecule has 1 nitrogen and oxygen atoms in total. The van der Waals surface area contributed by atoms with Crippen LogP contribution in [0.3, 0.4) is 0 Å². The summed E-state index contributed by atoms with van der Waals surface area (Å²) in [6.07, 6.45) is 14.9. The zero-order chi connectivity index (χ0) is 13.9. The monoisotopic (exact) mass is 268 g/mol. The van der Waals surface area contributed by atoms with Crippen LogP contribution in [0.25, 0.3) is 0 Å². The van der Waals surface area contributed by atoms with Gasteiger partial charge in [-0.05, 0) is 60.8 Å². The quantitative estimate of drug-likeness (QED) is 0.634. The number of hydrogen-bond acceptors (Lipinski definition) is 1. The van der Waals surface area contributed by atoms with Crippen molar-refractivity contribution in [3.8, 4) is 0 Å². The van der Waals surface area contributed by atoms with E-state index in [9.17, 15) is 4.79 Å². The highest BCUT2D eigenvalue weighted by Gasteiger charge is 2.49. The molecule has 4 rings (SSSR count). The maximum Gasteiger partial charge on any atom is 0.156 e. The second kappa shape index (κ2) is 4.19. The van der Waals surface area contributed by atoms with E-state index < -0.39 is 0 Å². The average molecular weight is 268 g/mol.